The largest absolute Gasteiger partial charge is 0.365 e. The highest BCUT2D eigenvalue weighted by Gasteiger charge is 2.30. The van der Waals surface area contributed by atoms with Crippen LogP contribution in [0.3, 0.4) is 0 Å². The molecular weight excluding hydrogens is 274 g/mol. The Morgan fingerprint density at radius 3 is 2.89 bits per heavy atom. The predicted octanol–water partition coefficient (Wildman–Crippen LogP) is 2.15. The van der Waals surface area contributed by atoms with Crippen LogP contribution in [0.5, 0.6) is 0 Å². The third kappa shape index (κ3) is 3.18. The molecule has 7 nitrogen and oxygen atoms in total. The molecule has 1 aliphatic heterocycles. The number of halogens is 1. The molecule has 2 unspecified atom stereocenters. The number of pyridine rings is 1. The molecule has 2 heterocycles. The topological polar surface area (TPSA) is 94.4 Å². The second kappa shape index (κ2) is 5.50. The van der Waals surface area contributed by atoms with Crippen molar-refractivity contribution in [2.24, 2.45) is 0 Å². The molecule has 0 radical (unpaired) electrons. The van der Waals surface area contributed by atoms with Crippen molar-refractivity contribution in [3.05, 3.63) is 27.4 Å². The number of anilines is 1. The number of nitro groups is 1. The van der Waals surface area contributed by atoms with Gasteiger partial charge in [-0.2, -0.15) is 0 Å². The van der Waals surface area contributed by atoms with E-state index in [1.165, 1.54) is 12.1 Å². The quantitative estimate of drug-likeness (QED) is 0.521. The van der Waals surface area contributed by atoms with Crippen molar-refractivity contribution in [3.63, 3.8) is 0 Å². The average molecular weight is 286 g/mol. The predicted molar refractivity (Wildman–Crippen MR) is 68.1 cm³/mol. The van der Waals surface area contributed by atoms with E-state index in [-0.39, 0.29) is 22.8 Å². The third-order valence-electron chi connectivity index (χ3n) is 2.80. The molecule has 102 valence electrons. The average Bonchev–Trinajstić information content (AvgIpc) is 2.75. The lowest BCUT2D eigenvalue weighted by Crippen LogP contribution is -2.28. The number of rotatable bonds is 3. The maximum absolute atomic E-state index is 11.9. The van der Waals surface area contributed by atoms with Gasteiger partial charge in [-0.05, 0) is 25.8 Å². The Morgan fingerprint density at radius 2 is 2.32 bits per heavy atom. The molecule has 8 heteroatoms. The number of carbonyl (C=O) groups is 1. The Kier molecular flexibility index (Phi) is 3.96. The van der Waals surface area contributed by atoms with Crippen LogP contribution in [-0.4, -0.2) is 28.0 Å². The molecule has 1 N–H and O–H groups in total. The number of nitrogens with zero attached hydrogens (tertiary/aromatic N) is 2. The second-order valence-corrected chi connectivity index (χ2v) is 4.65. The van der Waals surface area contributed by atoms with Crippen LogP contribution in [0.1, 0.15) is 19.8 Å². The first-order valence-electron chi connectivity index (χ1n) is 5.74. The van der Waals surface area contributed by atoms with Crippen LogP contribution in [0, 0.1) is 10.1 Å². The number of aromatic nitrogens is 1. The summed E-state index contributed by atoms with van der Waals surface area (Å²) in [6, 6.07) is 2.49. The van der Waals surface area contributed by atoms with Crippen LogP contribution in [-0.2, 0) is 9.53 Å². The van der Waals surface area contributed by atoms with E-state index < -0.39 is 16.9 Å². The van der Waals surface area contributed by atoms with Crippen LogP contribution in [0.4, 0.5) is 11.5 Å². The van der Waals surface area contributed by atoms with E-state index in [2.05, 4.69) is 10.3 Å². The van der Waals surface area contributed by atoms with Gasteiger partial charge in [0.1, 0.15) is 11.3 Å². The molecule has 0 bridgehead atoms. The van der Waals surface area contributed by atoms with E-state index >= 15 is 0 Å². The van der Waals surface area contributed by atoms with Gasteiger partial charge in [0.05, 0.1) is 11.0 Å². The molecule has 1 fully saturated rings. The Bertz CT molecular complexity index is 523. The molecule has 1 aliphatic rings. The van der Waals surface area contributed by atoms with Crippen LogP contribution < -0.4 is 5.32 Å². The minimum Gasteiger partial charge on any atom is -0.365 e. The summed E-state index contributed by atoms with van der Waals surface area (Å²) in [5, 5.41) is 13.3. The molecule has 1 aromatic rings. The standard InChI is InChI=1S/C11H12ClN3O4/c1-6-2-4-8(19-6)11(16)14-10-7(15(17)18)3-5-9(12)13-10/h3,5-6,8H,2,4H2,1H3,(H,13,14,16). The fourth-order valence-corrected chi connectivity index (χ4v) is 2.01. The molecule has 0 spiro atoms. The highest BCUT2D eigenvalue weighted by molar-refractivity contribution is 6.29. The molecule has 0 aliphatic carbocycles. The van der Waals surface area contributed by atoms with E-state index in [1.807, 2.05) is 6.92 Å². The van der Waals surface area contributed by atoms with Gasteiger partial charge in [0.15, 0.2) is 0 Å². The van der Waals surface area contributed by atoms with Gasteiger partial charge in [0.25, 0.3) is 5.91 Å². The summed E-state index contributed by atoms with van der Waals surface area (Å²) < 4.78 is 5.38. The Balaban J connectivity index is 2.16. The van der Waals surface area contributed by atoms with E-state index in [1.54, 1.807) is 0 Å². The summed E-state index contributed by atoms with van der Waals surface area (Å²) in [6.45, 7) is 1.87. The number of ether oxygens (including phenoxy) is 1. The molecule has 19 heavy (non-hydrogen) atoms. The lowest BCUT2D eigenvalue weighted by molar-refractivity contribution is -0.384. The molecule has 2 atom stereocenters. The number of hydrogen-bond acceptors (Lipinski definition) is 5. The van der Waals surface area contributed by atoms with Crippen molar-refractivity contribution in [2.45, 2.75) is 32.0 Å². The minimum atomic E-state index is -0.628. The van der Waals surface area contributed by atoms with Crippen LogP contribution in [0.15, 0.2) is 12.1 Å². The molecular formula is C11H12ClN3O4. The first kappa shape index (κ1) is 13.7. The fourth-order valence-electron chi connectivity index (χ4n) is 1.86. The summed E-state index contributed by atoms with van der Waals surface area (Å²) in [6.07, 6.45) is 0.776. The first-order chi connectivity index (χ1) is 8.97. The van der Waals surface area contributed by atoms with Gasteiger partial charge in [-0.15, -0.1) is 0 Å². The van der Waals surface area contributed by atoms with Crippen molar-refractivity contribution in [2.75, 3.05) is 5.32 Å². The fraction of sp³-hybridized carbons (Fsp3) is 0.455. The molecule has 0 saturated carbocycles. The van der Waals surface area contributed by atoms with E-state index in [0.717, 1.165) is 6.42 Å². The van der Waals surface area contributed by atoms with Gasteiger partial charge in [-0.3, -0.25) is 14.9 Å². The van der Waals surface area contributed by atoms with Crippen LogP contribution in [0.2, 0.25) is 5.15 Å². The van der Waals surface area contributed by atoms with E-state index in [4.69, 9.17) is 16.3 Å². The maximum Gasteiger partial charge on any atom is 0.311 e. The lowest BCUT2D eigenvalue weighted by atomic mass is 10.2. The summed E-state index contributed by atoms with van der Waals surface area (Å²) in [4.78, 5) is 25.9. The van der Waals surface area contributed by atoms with Crippen molar-refractivity contribution in [1.82, 2.24) is 4.98 Å². The van der Waals surface area contributed by atoms with E-state index in [9.17, 15) is 14.9 Å². The Morgan fingerprint density at radius 1 is 1.58 bits per heavy atom. The molecule has 1 amide bonds. The smallest absolute Gasteiger partial charge is 0.311 e. The number of carbonyl (C=O) groups excluding carboxylic acids is 1. The second-order valence-electron chi connectivity index (χ2n) is 4.26. The highest BCUT2D eigenvalue weighted by Crippen LogP contribution is 2.26. The molecule has 1 aromatic heterocycles. The Labute approximate surface area is 114 Å². The van der Waals surface area contributed by atoms with Gasteiger partial charge in [0, 0.05) is 6.07 Å². The van der Waals surface area contributed by atoms with Crippen molar-refractivity contribution < 1.29 is 14.5 Å². The number of hydrogen-bond donors (Lipinski definition) is 1. The summed E-state index contributed by atoms with van der Waals surface area (Å²) in [7, 11) is 0. The maximum atomic E-state index is 11.9. The van der Waals surface area contributed by atoms with Gasteiger partial charge in [-0.25, -0.2) is 4.98 Å². The SMILES string of the molecule is CC1CCC(C(=O)Nc2nc(Cl)ccc2[N+](=O)[O-])O1. The molecule has 2 rings (SSSR count). The van der Waals surface area contributed by atoms with Gasteiger partial charge in [0.2, 0.25) is 5.82 Å². The van der Waals surface area contributed by atoms with Gasteiger partial charge in [-0.1, -0.05) is 11.6 Å². The third-order valence-corrected chi connectivity index (χ3v) is 3.01. The highest BCUT2D eigenvalue weighted by atomic mass is 35.5. The molecule has 0 aromatic carbocycles. The monoisotopic (exact) mass is 285 g/mol. The van der Waals surface area contributed by atoms with Gasteiger partial charge >= 0.3 is 5.69 Å². The van der Waals surface area contributed by atoms with E-state index in [0.29, 0.717) is 6.42 Å². The van der Waals surface area contributed by atoms with Crippen molar-refractivity contribution >= 4 is 29.0 Å². The zero-order valence-corrected chi connectivity index (χ0v) is 10.9. The van der Waals surface area contributed by atoms with Crippen molar-refractivity contribution in [3.8, 4) is 0 Å². The summed E-state index contributed by atoms with van der Waals surface area (Å²) >= 11 is 5.67. The minimum absolute atomic E-state index is 0.0121. The summed E-state index contributed by atoms with van der Waals surface area (Å²) in [5.41, 5.74) is -0.302. The van der Waals surface area contributed by atoms with Gasteiger partial charge < -0.3 is 10.1 Å². The van der Waals surface area contributed by atoms with Crippen LogP contribution in [0.25, 0.3) is 0 Å². The van der Waals surface area contributed by atoms with Crippen molar-refractivity contribution in [1.29, 1.82) is 0 Å². The summed E-state index contributed by atoms with van der Waals surface area (Å²) in [5.74, 6) is -0.604. The lowest BCUT2D eigenvalue weighted by Gasteiger charge is -2.11. The zero-order chi connectivity index (χ0) is 14.0. The molecule has 1 saturated heterocycles. The normalized spacial score (nSPS) is 22.2. The first-order valence-corrected chi connectivity index (χ1v) is 6.12. The number of amides is 1. The Hall–Kier alpha value is -1.73. The zero-order valence-electron chi connectivity index (χ0n) is 10.1. The number of nitrogens with one attached hydrogen (secondary N) is 1. The van der Waals surface area contributed by atoms with Crippen LogP contribution >= 0.6 is 11.6 Å².